The lowest BCUT2D eigenvalue weighted by atomic mass is 10.2. The zero-order valence-electron chi connectivity index (χ0n) is 17.3. The van der Waals surface area contributed by atoms with Crippen molar-refractivity contribution in [2.75, 3.05) is 41.7 Å². The van der Waals surface area contributed by atoms with Gasteiger partial charge in [-0.2, -0.15) is 11.8 Å². The van der Waals surface area contributed by atoms with Crippen molar-refractivity contribution in [3.05, 3.63) is 48.0 Å². The molecule has 1 saturated heterocycles. The Labute approximate surface area is 182 Å². The van der Waals surface area contributed by atoms with Crippen molar-refractivity contribution >= 4 is 39.1 Å². The molecule has 1 amide bonds. The van der Waals surface area contributed by atoms with Gasteiger partial charge in [0, 0.05) is 36.0 Å². The van der Waals surface area contributed by atoms with Crippen molar-refractivity contribution in [2.24, 2.45) is 0 Å². The second kappa shape index (κ2) is 9.72. The van der Waals surface area contributed by atoms with Gasteiger partial charge in [-0.05, 0) is 55.8 Å². The van der Waals surface area contributed by atoms with Crippen LogP contribution in [0.4, 0.5) is 11.4 Å². The molecule has 2 aromatic carbocycles. The maximum atomic E-state index is 12.9. The van der Waals surface area contributed by atoms with E-state index in [0.717, 1.165) is 24.6 Å². The van der Waals surface area contributed by atoms with Crippen LogP contribution in [-0.4, -0.2) is 57.0 Å². The molecule has 0 radical (unpaired) electrons. The Morgan fingerprint density at radius 3 is 2.37 bits per heavy atom. The highest BCUT2D eigenvalue weighted by atomic mass is 32.2. The van der Waals surface area contributed by atoms with Crippen molar-refractivity contribution in [2.45, 2.75) is 24.8 Å². The molecule has 1 unspecified atom stereocenters. The lowest BCUT2D eigenvalue weighted by Crippen LogP contribution is -2.46. The fourth-order valence-electron chi connectivity index (χ4n) is 3.21. The van der Waals surface area contributed by atoms with Gasteiger partial charge in [-0.1, -0.05) is 6.07 Å². The van der Waals surface area contributed by atoms with Crippen LogP contribution < -0.4 is 14.8 Å². The first-order valence-corrected chi connectivity index (χ1v) is 12.3. The average molecular weight is 450 g/mol. The molecule has 1 fully saturated rings. The van der Waals surface area contributed by atoms with E-state index in [1.807, 2.05) is 18.7 Å². The van der Waals surface area contributed by atoms with E-state index < -0.39 is 10.0 Å². The van der Waals surface area contributed by atoms with E-state index in [1.54, 1.807) is 50.4 Å². The van der Waals surface area contributed by atoms with Crippen LogP contribution in [-0.2, 0) is 14.8 Å². The van der Waals surface area contributed by atoms with E-state index in [0.29, 0.717) is 22.7 Å². The molecule has 2 N–H and O–H groups in total. The normalized spacial score (nSPS) is 16.0. The average Bonchev–Trinajstić information content (AvgIpc) is 2.75. The summed E-state index contributed by atoms with van der Waals surface area (Å²) in [6, 6.07) is 11.3. The molecule has 3 rings (SSSR count). The van der Waals surface area contributed by atoms with Gasteiger partial charge in [0.1, 0.15) is 5.75 Å². The van der Waals surface area contributed by atoms with Crippen molar-refractivity contribution < 1.29 is 17.9 Å². The van der Waals surface area contributed by atoms with E-state index in [9.17, 15) is 13.2 Å². The Morgan fingerprint density at radius 2 is 1.73 bits per heavy atom. The quantitative estimate of drug-likeness (QED) is 0.675. The lowest BCUT2D eigenvalue weighted by molar-refractivity contribution is -0.120. The van der Waals surface area contributed by atoms with Crippen molar-refractivity contribution in [3.63, 3.8) is 0 Å². The molecule has 0 bridgehead atoms. The molecular weight excluding hydrogens is 422 g/mol. The summed E-state index contributed by atoms with van der Waals surface area (Å²) in [5, 5.41) is 2.86. The van der Waals surface area contributed by atoms with E-state index >= 15 is 0 Å². The molecule has 0 aromatic heterocycles. The number of hydrogen-bond donors (Lipinski definition) is 2. The second-order valence-corrected chi connectivity index (χ2v) is 10.0. The van der Waals surface area contributed by atoms with Gasteiger partial charge < -0.3 is 10.1 Å². The number of carbonyl (C=O) groups is 1. The topological polar surface area (TPSA) is 87.7 Å². The maximum Gasteiger partial charge on any atom is 0.262 e. The first-order chi connectivity index (χ1) is 14.3. The lowest BCUT2D eigenvalue weighted by Gasteiger charge is -2.31. The van der Waals surface area contributed by atoms with E-state index in [2.05, 4.69) is 14.9 Å². The molecule has 1 atom stereocenters. The molecular formula is C21H27N3O4S2. The molecule has 0 spiro atoms. The second-order valence-electron chi connectivity index (χ2n) is 7.13. The Kier molecular flexibility index (Phi) is 7.27. The zero-order valence-corrected chi connectivity index (χ0v) is 19.0. The Bertz CT molecular complexity index is 988. The van der Waals surface area contributed by atoms with Crippen LogP contribution in [0.1, 0.15) is 12.5 Å². The largest absolute Gasteiger partial charge is 0.497 e. The zero-order chi connectivity index (χ0) is 21.7. The summed E-state index contributed by atoms with van der Waals surface area (Å²) in [6.45, 7) is 5.35. The minimum absolute atomic E-state index is 0.123. The Morgan fingerprint density at radius 1 is 1.10 bits per heavy atom. The van der Waals surface area contributed by atoms with Crippen LogP contribution in [0.2, 0.25) is 0 Å². The number of sulfonamides is 1. The minimum Gasteiger partial charge on any atom is -0.497 e. The smallest absolute Gasteiger partial charge is 0.262 e. The van der Waals surface area contributed by atoms with Crippen molar-refractivity contribution in [1.29, 1.82) is 0 Å². The van der Waals surface area contributed by atoms with E-state index in [-0.39, 0.29) is 16.8 Å². The van der Waals surface area contributed by atoms with Gasteiger partial charge in [0.2, 0.25) is 5.91 Å². The van der Waals surface area contributed by atoms with Gasteiger partial charge in [0.05, 0.1) is 18.0 Å². The fourth-order valence-corrected chi connectivity index (χ4v) is 5.48. The monoisotopic (exact) mass is 449 g/mol. The third-order valence-electron chi connectivity index (χ3n) is 5.06. The van der Waals surface area contributed by atoms with E-state index in [4.69, 9.17) is 4.74 Å². The van der Waals surface area contributed by atoms with Crippen LogP contribution in [0.25, 0.3) is 0 Å². The number of ether oxygens (including phenoxy) is 1. The van der Waals surface area contributed by atoms with Crippen LogP contribution in [0.5, 0.6) is 5.75 Å². The first-order valence-electron chi connectivity index (χ1n) is 9.70. The SMILES string of the molecule is COc1ccc(NS(=O)(=O)c2cc(NC(=O)C(C)N3CCSCC3)ccc2C)cc1. The summed E-state index contributed by atoms with van der Waals surface area (Å²) in [6.07, 6.45) is 0. The van der Waals surface area contributed by atoms with Gasteiger partial charge in [0.15, 0.2) is 0 Å². The Hall–Kier alpha value is -2.23. The highest BCUT2D eigenvalue weighted by molar-refractivity contribution is 7.99. The fraction of sp³-hybridized carbons (Fsp3) is 0.381. The molecule has 0 aliphatic carbocycles. The van der Waals surface area contributed by atoms with Crippen LogP contribution in [0, 0.1) is 6.92 Å². The molecule has 1 heterocycles. The van der Waals surface area contributed by atoms with Gasteiger partial charge >= 0.3 is 0 Å². The van der Waals surface area contributed by atoms with Crippen LogP contribution >= 0.6 is 11.8 Å². The Balaban J connectivity index is 1.75. The summed E-state index contributed by atoms with van der Waals surface area (Å²) >= 11 is 1.89. The number of hydrogen-bond acceptors (Lipinski definition) is 6. The number of nitrogens with one attached hydrogen (secondary N) is 2. The van der Waals surface area contributed by atoms with Crippen LogP contribution in [0.15, 0.2) is 47.4 Å². The number of carbonyl (C=O) groups excluding carboxylic acids is 1. The maximum absolute atomic E-state index is 12.9. The number of rotatable bonds is 7. The third kappa shape index (κ3) is 5.47. The molecule has 2 aromatic rings. The summed E-state index contributed by atoms with van der Waals surface area (Å²) < 4.78 is 33.5. The first kappa shape index (κ1) is 22.5. The van der Waals surface area contributed by atoms with Crippen molar-refractivity contribution in [3.8, 4) is 5.75 Å². The molecule has 9 heteroatoms. The molecule has 30 heavy (non-hydrogen) atoms. The molecule has 0 saturated carbocycles. The summed E-state index contributed by atoms with van der Waals surface area (Å²) in [4.78, 5) is 14.9. The molecule has 1 aliphatic rings. The highest BCUT2D eigenvalue weighted by Gasteiger charge is 2.24. The van der Waals surface area contributed by atoms with Gasteiger partial charge in [-0.25, -0.2) is 8.42 Å². The predicted octanol–water partition coefficient (Wildman–Crippen LogP) is 3.18. The standard InChI is InChI=1S/C21H27N3O4S2/c1-15-4-5-18(22-21(25)16(2)24-10-12-29-13-11-24)14-20(15)30(26,27)23-17-6-8-19(28-3)9-7-17/h4-9,14,16,23H,10-13H2,1-3H3,(H,22,25). The predicted molar refractivity (Wildman–Crippen MR) is 122 cm³/mol. The van der Waals surface area contributed by atoms with E-state index in [1.165, 1.54) is 6.07 Å². The number of anilines is 2. The van der Waals surface area contributed by atoms with Gasteiger partial charge in [-0.15, -0.1) is 0 Å². The number of nitrogens with zero attached hydrogens (tertiary/aromatic N) is 1. The highest BCUT2D eigenvalue weighted by Crippen LogP contribution is 2.24. The van der Waals surface area contributed by atoms with Gasteiger partial charge in [-0.3, -0.25) is 14.4 Å². The molecule has 7 nitrogen and oxygen atoms in total. The number of amides is 1. The number of thioether (sulfide) groups is 1. The van der Waals surface area contributed by atoms with Gasteiger partial charge in [0.25, 0.3) is 10.0 Å². The molecule has 162 valence electrons. The summed E-state index contributed by atoms with van der Waals surface area (Å²) in [7, 11) is -2.27. The minimum atomic E-state index is -3.82. The number of benzene rings is 2. The van der Waals surface area contributed by atoms with Crippen molar-refractivity contribution in [1.82, 2.24) is 4.90 Å². The third-order valence-corrected chi connectivity index (χ3v) is 7.53. The summed E-state index contributed by atoms with van der Waals surface area (Å²) in [5.74, 6) is 2.53. The molecule has 1 aliphatic heterocycles. The number of aryl methyl sites for hydroxylation is 1. The van der Waals surface area contributed by atoms with Crippen LogP contribution in [0.3, 0.4) is 0 Å². The number of methoxy groups -OCH3 is 1. The summed E-state index contributed by atoms with van der Waals surface area (Å²) in [5.41, 5.74) is 1.48.